The van der Waals surface area contributed by atoms with Crippen LogP contribution in [0.15, 0.2) is 18.2 Å². The smallest absolute Gasteiger partial charge is 0.387 e. The zero-order chi connectivity index (χ0) is 17.8. The van der Waals surface area contributed by atoms with E-state index in [1.54, 1.807) is 11.0 Å². The van der Waals surface area contributed by atoms with E-state index in [9.17, 15) is 13.6 Å². The van der Waals surface area contributed by atoms with Crippen LogP contribution in [0.2, 0.25) is 0 Å². The van der Waals surface area contributed by atoms with Crippen molar-refractivity contribution in [2.24, 2.45) is 0 Å². The van der Waals surface area contributed by atoms with Crippen molar-refractivity contribution in [2.75, 3.05) is 46.4 Å². The summed E-state index contributed by atoms with van der Waals surface area (Å²) >= 11 is 0. The fourth-order valence-electron chi connectivity index (χ4n) is 3.47. The van der Waals surface area contributed by atoms with Crippen LogP contribution in [0.4, 0.5) is 8.78 Å². The highest BCUT2D eigenvalue weighted by molar-refractivity contribution is 5.98. The maximum absolute atomic E-state index is 12.8. The van der Waals surface area contributed by atoms with Gasteiger partial charge < -0.3 is 19.7 Å². The molecule has 1 unspecified atom stereocenters. The van der Waals surface area contributed by atoms with E-state index in [0.29, 0.717) is 19.1 Å². The number of piperazine rings is 1. The van der Waals surface area contributed by atoms with Crippen LogP contribution in [-0.2, 0) is 0 Å². The molecule has 1 amide bonds. The topological polar surface area (TPSA) is 54.0 Å². The third kappa shape index (κ3) is 4.01. The molecule has 1 aromatic carbocycles. The van der Waals surface area contributed by atoms with E-state index in [2.05, 4.69) is 15.0 Å². The van der Waals surface area contributed by atoms with E-state index in [1.165, 1.54) is 19.2 Å². The lowest BCUT2D eigenvalue weighted by Crippen LogP contribution is -2.52. The standard InChI is InChI=1S/C17H23F2N3O3/c1-24-14-4-2-3-13(15(14)25-17(18)19)16(23)22-9-7-21(8-10-22)12-5-6-20-11-12/h2-4,12,17,20H,5-11H2,1H3. The molecule has 2 fully saturated rings. The lowest BCUT2D eigenvalue weighted by atomic mass is 10.1. The molecule has 0 aliphatic carbocycles. The van der Waals surface area contributed by atoms with E-state index in [1.807, 2.05) is 0 Å². The van der Waals surface area contributed by atoms with E-state index in [0.717, 1.165) is 32.6 Å². The van der Waals surface area contributed by atoms with Crippen molar-refractivity contribution in [3.63, 3.8) is 0 Å². The van der Waals surface area contributed by atoms with Gasteiger partial charge >= 0.3 is 6.61 Å². The molecule has 1 atom stereocenters. The van der Waals surface area contributed by atoms with Gasteiger partial charge in [0.05, 0.1) is 12.7 Å². The zero-order valence-electron chi connectivity index (χ0n) is 14.2. The summed E-state index contributed by atoms with van der Waals surface area (Å²) in [5.41, 5.74) is 0.107. The molecule has 25 heavy (non-hydrogen) atoms. The van der Waals surface area contributed by atoms with Crippen LogP contribution in [0.3, 0.4) is 0 Å². The number of rotatable bonds is 5. The highest BCUT2D eigenvalue weighted by atomic mass is 19.3. The van der Waals surface area contributed by atoms with Gasteiger partial charge in [0.1, 0.15) is 0 Å². The molecule has 2 aliphatic rings. The summed E-state index contributed by atoms with van der Waals surface area (Å²) in [4.78, 5) is 16.9. The van der Waals surface area contributed by atoms with Crippen LogP contribution in [0.1, 0.15) is 16.8 Å². The van der Waals surface area contributed by atoms with E-state index in [-0.39, 0.29) is 23.0 Å². The quantitative estimate of drug-likeness (QED) is 0.866. The molecule has 3 rings (SSSR count). The molecule has 0 aromatic heterocycles. The zero-order valence-corrected chi connectivity index (χ0v) is 14.2. The molecule has 0 saturated carbocycles. The number of amides is 1. The molecule has 1 N–H and O–H groups in total. The van der Waals surface area contributed by atoms with E-state index < -0.39 is 6.61 Å². The number of ether oxygens (including phenoxy) is 2. The first kappa shape index (κ1) is 17.9. The van der Waals surface area contributed by atoms with Crippen LogP contribution >= 0.6 is 0 Å². The second kappa shape index (κ2) is 7.97. The number of carbonyl (C=O) groups is 1. The fraction of sp³-hybridized carbons (Fsp3) is 0.588. The van der Waals surface area contributed by atoms with Crippen LogP contribution in [0.5, 0.6) is 11.5 Å². The van der Waals surface area contributed by atoms with Gasteiger partial charge in [-0.3, -0.25) is 9.69 Å². The Morgan fingerprint density at radius 3 is 2.64 bits per heavy atom. The Morgan fingerprint density at radius 2 is 2.04 bits per heavy atom. The number of benzene rings is 1. The lowest BCUT2D eigenvalue weighted by molar-refractivity contribution is -0.0517. The second-order valence-electron chi connectivity index (χ2n) is 6.19. The van der Waals surface area contributed by atoms with E-state index >= 15 is 0 Å². The minimum atomic E-state index is -3.02. The van der Waals surface area contributed by atoms with Gasteiger partial charge in [-0.15, -0.1) is 0 Å². The summed E-state index contributed by atoms with van der Waals surface area (Å²) in [6.07, 6.45) is 1.12. The molecule has 138 valence electrons. The van der Waals surface area contributed by atoms with E-state index in [4.69, 9.17) is 4.74 Å². The number of nitrogens with one attached hydrogen (secondary N) is 1. The van der Waals surface area contributed by atoms with Crippen LogP contribution < -0.4 is 14.8 Å². The first-order valence-electron chi connectivity index (χ1n) is 8.46. The largest absolute Gasteiger partial charge is 0.493 e. The van der Waals surface area contributed by atoms with Gasteiger partial charge in [-0.2, -0.15) is 8.78 Å². The third-order valence-corrected chi connectivity index (χ3v) is 4.79. The Balaban J connectivity index is 1.71. The van der Waals surface area contributed by atoms with Crippen molar-refractivity contribution in [1.29, 1.82) is 0 Å². The normalized spacial score (nSPS) is 21.6. The number of hydrogen-bond donors (Lipinski definition) is 1. The first-order valence-corrected chi connectivity index (χ1v) is 8.46. The summed E-state index contributed by atoms with van der Waals surface area (Å²) in [5, 5.41) is 3.34. The summed E-state index contributed by atoms with van der Waals surface area (Å²) < 4.78 is 35.1. The number of halogens is 2. The highest BCUT2D eigenvalue weighted by Gasteiger charge is 2.30. The van der Waals surface area contributed by atoms with Gasteiger partial charge in [-0.1, -0.05) is 6.07 Å². The van der Waals surface area contributed by atoms with Gasteiger partial charge in [-0.25, -0.2) is 0 Å². The molecule has 1 aromatic rings. The number of para-hydroxylation sites is 1. The van der Waals surface area contributed by atoms with Crippen molar-refractivity contribution < 1.29 is 23.0 Å². The molecule has 0 spiro atoms. The fourth-order valence-corrected chi connectivity index (χ4v) is 3.47. The van der Waals surface area contributed by atoms with Crippen molar-refractivity contribution >= 4 is 5.91 Å². The highest BCUT2D eigenvalue weighted by Crippen LogP contribution is 2.33. The molecule has 2 saturated heterocycles. The van der Waals surface area contributed by atoms with Crippen molar-refractivity contribution in [3.05, 3.63) is 23.8 Å². The summed E-state index contributed by atoms with van der Waals surface area (Å²) in [7, 11) is 1.36. The maximum Gasteiger partial charge on any atom is 0.387 e. The Kier molecular flexibility index (Phi) is 5.70. The molecule has 0 bridgehead atoms. The SMILES string of the molecule is COc1cccc(C(=O)N2CCN(C3CCNC3)CC2)c1OC(F)F. The number of methoxy groups -OCH3 is 1. The predicted molar refractivity (Wildman–Crippen MR) is 88.4 cm³/mol. The first-order chi connectivity index (χ1) is 12.1. The van der Waals surface area contributed by atoms with Gasteiger partial charge in [0.15, 0.2) is 11.5 Å². The average Bonchev–Trinajstić information content (AvgIpc) is 3.15. The summed E-state index contributed by atoms with van der Waals surface area (Å²) in [6, 6.07) is 5.12. The van der Waals surface area contributed by atoms with Gasteiger partial charge in [0.25, 0.3) is 5.91 Å². The minimum Gasteiger partial charge on any atom is -0.493 e. The lowest BCUT2D eigenvalue weighted by Gasteiger charge is -2.38. The maximum atomic E-state index is 12.8. The molecular formula is C17H23F2N3O3. The van der Waals surface area contributed by atoms with Gasteiger partial charge in [0.2, 0.25) is 0 Å². The van der Waals surface area contributed by atoms with Gasteiger partial charge in [0, 0.05) is 38.8 Å². The monoisotopic (exact) mass is 355 g/mol. The van der Waals surface area contributed by atoms with Gasteiger partial charge in [-0.05, 0) is 25.1 Å². The molecule has 6 nitrogen and oxygen atoms in total. The second-order valence-corrected chi connectivity index (χ2v) is 6.19. The molecule has 0 radical (unpaired) electrons. The Hall–Kier alpha value is -1.93. The van der Waals surface area contributed by atoms with Crippen molar-refractivity contribution in [1.82, 2.24) is 15.1 Å². The molecule has 8 heteroatoms. The Bertz CT molecular complexity index is 601. The molecular weight excluding hydrogens is 332 g/mol. The Labute approximate surface area is 145 Å². The van der Waals surface area contributed by atoms with Crippen molar-refractivity contribution in [3.8, 4) is 11.5 Å². The summed E-state index contributed by atoms with van der Waals surface area (Å²) in [6.45, 7) is 1.70. The third-order valence-electron chi connectivity index (χ3n) is 4.79. The van der Waals surface area contributed by atoms with Crippen LogP contribution in [-0.4, -0.2) is 74.7 Å². The van der Waals surface area contributed by atoms with Crippen LogP contribution in [0, 0.1) is 0 Å². The minimum absolute atomic E-state index is 0.107. The van der Waals surface area contributed by atoms with Crippen LogP contribution in [0.25, 0.3) is 0 Å². The number of nitrogens with zero attached hydrogens (tertiary/aromatic N) is 2. The average molecular weight is 355 g/mol. The van der Waals surface area contributed by atoms with Crippen molar-refractivity contribution in [2.45, 2.75) is 19.1 Å². The number of hydrogen-bond acceptors (Lipinski definition) is 5. The molecule has 2 aliphatic heterocycles. The number of alkyl halides is 2. The number of carbonyl (C=O) groups excluding carboxylic acids is 1. The Morgan fingerprint density at radius 1 is 1.28 bits per heavy atom. The summed E-state index contributed by atoms with van der Waals surface area (Å²) in [5.74, 6) is -0.381. The predicted octanol–water partition coefficient (Wildman–Crippen LogP) is 1.42. The molecule has 2 heterocycles.